The molecule has 0 unspecified atom stereocenters. The van der Waals surface area contributed by atoms with Gasteiger partial charge in [-0.25, -0.2) is 8.78 Å². The van der Waals surface area contributed by atoms with E-state index in [0.29, 0.717) is 6.54 Å². The Morgan fingerprint density at radius 2 is 1.74 bits per heavy atom. The van der Waals surface area contributed by atoms with Gasteiger partial charge in [-0.1, -0.05) is 26.2 Å². The van der Waals surface area contributed by atoms with Gasteiger partial charge in [0.1, 0.15) is 11.6 Å². The minimum atomic E-state index is -0.749. The maximum absolute atomic E-state index is 13.0. The van der Waals surface area contributed by atoms with Crippen molar-refractivity contribution in [1.29, 1.82) is 0 Å². The first-order valence-electron chi connectivity index (χ1n) is 7.94. The Morgan fingerprint density at radius 1 is 1.09 bits per heavy atom. The lowest BCUT2D eigenvalue weighted by atomic mass is 10.1. The SMILES string of the molecule is CCCCCCN[C@@H](C)C(=O)NC(=O)Cc1cc(F)cc(F)c1. The van der Waals surface area contributed by atoms with Crippen LogP contribution in [0.2, 0.25) is 0 Å². The van der Waals surface area contributed by atoms with Crippen molar-refractivity contribution in [1.82, 2.24) is 10.6 Å². The molecular weight excluding hydrogens is 302 g/mol. The highest BCUT2D eigenvalue weighted by molar-refractivity contribution is 5.98. The van der Waals surface area contributed by atoms with Gasteiger partial charge in [0, 0.05) is 6.07 Å². The van der Waals surface area contributed by atoms with Crippen LogP contribution in [0, 0.1) is 11.6 Å². The predicted octanol–water partition coefficient (Wildman–Crippen LogP) is 2.71. The van der Waals surface area contributed by atoms with E-state index in [-0.39, 0.29) is 12.0 Å². The number of nitrogens with one attached hydrogen (secondary N) is 2. The summed E-state index contributed by atoms with van der Waals surface area (Å²) in [7, 11) is 0. The highest BCUT2D eigenvalue weighted by Crippen LogP contribution is 2.08. The van der Waals surface area contributed by atoms with Gasteiger partial charge in [0.25, 0.3) is 0 Å². The van der Waals surface area contributed by atoms with Gasteiger partial charge in [-0.3, -0.25) is 14.9 Å². The van der Waals surface area contributed by atoms with Crippen molar-refractivity contribution in [2.45, 2.75) is 52.0 Å². The summed E-state index contributed by atoms with van der Waals surface area (Å²) >= 11 is 0. The molecule has 0 radical (unpaired) electrons. The van der Waals surface area contributed by atoms with E-state index in [4.69, 9.17) is 0 Å². The number of carbonyl (C=O) groups excluding carboxylic acids is 2. The Morgan fingerprint density at radius 3 is 2.35 bits per heavy atom. The van der Waals surface area contributed by atoms with Gasteiger partial charge in [0.15, 0.2) is 0 Å². The molecule has 4 nitrogen and oxygen atoms in total. The van der Waals surface area contributed by atoms with Crippen LogP contribution < -0.4 is 10.6 Å². The van der Waals surface area contributed by atoms with E-state index in [1.165, 1.54) is 0 Å². The van der Waals surface area contributed by atoms with E-state index in [9.17, 15) is 18.4 Å². The molecule has 0 spiro atoms. The van der Waals surface area contributed by atoms with Crippen LogP contribution in [0.4, 0.5) is 8.78 Å². The van der Waals surface area contributed by atoms with Crippen molar-refractivity contribution < 1.29 is 18.4 Å². The number of carbonyl (C=O) groups is 2. The number of unbranched alkanes of at least 4 members (excludes halogenated alkanes) is 3. The molecule has 0 bridgehead atoms. The fourth-order valence-corrected chi connectivity index (χ4v) is 2.15. The lowest BCUT2D eigenvalue weighted by molar-refractivity contribution is -0.131. The van der Waals surface area contributed by atoms with Crippen LogP contribution >= 0.6 is 0 Å². The van der Waals surface area contributed by atoms with Crippen LogP contribution in [-0.4, -0.2) is 24.4 Å². The Labute approximate surface area is 135 Å². The van der Waals surface area contributed by atoms with Crippen LogP contribution in [-0.2, 0) is 16.0 Å². The minimum Gasteiger partial charge on any atom is -0.306 e. The van der Waals surface area contributed by atoms with Gasteiger partial charge in [-0.2, -0.15) is 0 Å². The van der Waals surface area contributed by atoms with Crippen LogP contribution in [0.25, 0.3) is 0 Å². The molecule has 1 aromatic rings. The summed E-state index contributed by atoms with van der Waals surface area (Å²) in [6.45, 7) is 4.50. The molecule has 2 N–H and O–H groups in total. The second-order valence-electron chi connectivity index (χ2n) is 5.60. The van der Waals surface area contributed by atoms with Crippen molar-refractivity contribution in [3.8, 4) is 0 Å². The first kappa shape index (κ1) is 19.2. The van der Waals surface area contributed by atoms with Crippen molar-refractivity contribution >= 4 is 11.8 Å². The lowest BCUT2D eigenvalue weighted by Crippen LogP contribution is -2.45. The number of hydrogen-bond donors (Lipinski definition) is 2. The fourth-order valence-electron chi connectivity index (χ4n) is 2.15. The molecule has 23 heavy (non-hydrogen) atoms. The molecule has 1 rings (SSSR count). The summed E-state index contributed by atoms with van der Waals surface area (Å²) in [6.07, 6.45) is 4.13. The topological polar surface area (TPSA) is 58.2 Å². The monoisotopic (exact) mass is 326 g/mol. The zero-order valence-corrected chi connectivity index (χ0v) is 13.6. The second kappa shape index (κ2) is 10.0. The zero-order valence-electron chi connectivity index (χ0n) is 13.6. The third kappa shape index (κ3) is 7.83. The van der Waals surface area contributed by atoms with Crippen LogP contribution in [0.3, 0.4) is 0 Å². The van der Waals surface area contributed by atoms with E-state index in [0.717, 1.165) is 43.9 Å². The average molecular weight is 326 g/mol. The van der Waals surface area contributed by atoms with E-state index in [1.807, 2.05) is 0 Å². The maximum atomic E-state index is 13.0. The zero-order chi connectivity index (χ0) is 17.2. The standard InChI is InChI=1S/C17H24F2N2O2/c1-3-4-5-6-7-20-12(2)17(23)21-16(22)10-13-8-14(18)11-15(19)9-13/h8-9,11-12,20H,3-7,10H2,1-2H3,(H,21,22,23)/t12-/m0/s1. The molecule has 128 valence electrons. The van der Waals surface area contributed by atoms with Gasteiger partial charge < -0.3 is 5.32 Å². The van der Waals surface area contributed by atoms with Crippen molar-refractivity contribution in [2.75, 3.05) is 6.54 Å². The second-order valence-corrected chi connectivity index (χ2v) is 5.60. The van der Waals surface area contributed by atoms with E-state index in [2.05, 4.69) is 17.6 Å². The smallest absolute Gasteiger partial charge is 0.243 e. The number of halogens is 2. The summed E-state index contributed by atoms with van der Waals surface area (Å²) in [5.74, 6) is -2.52. The average Bonchev–Trinajstić information content (AvgIpc) is 2.45. The number of rotatable bonds is 9. The van der Waals surface area contributed by atoms with Crippen LogP contribution in [0.1, 0.15) is 45.1 Å². The molecule has 0 aliphatic rings. The van der Waals surface area contributed by atoms with Gasteiger partial charge in [0.2, 0.25) is 11.8 Å². The van der Waals surface area contributed by atoms with Crippen LogP contribution in [0.15, 0.2) is 18.2 Å². The highest BCUT2D eigenvalue weighted by Gasteiger charge is 2.15. The largest absolute Gasteiger partial charge is 0.306 e. The molecule has 2 amide bonds. The summed E-state index contributed by atoms with van der Waals surface area (Å²) in [5, 5.41) is 5.28. The summed E-state index contributed by atoms with van der Waals surface area (Å²) in [6, 6.07) is 2.38. The Kier molecular flexibility index (Phi) is 8.40. The summed E-state index contributed by atoms with van der Waals surface area (Å²) in [5.41, 5.74) is 0.188. The van der Waals surface area contributed by atoms with Crippen molar-refractivity contribution in [3.05, 3.63) is 35.4 Å². The number of benzene rings is 1. The molecule has 0 aliphatic heterocycles. The maximum Gasteiger partial charge on any atom is 0.243 e. The number of imide groups is 1. The van der Waals surface area contributed by atoms with E-state index < -0.39 is 29.5 Å². The summed E-state index contributed by atoms with van der Waals surface area (Å²) in [4.78, 5) is 23.6. The Balaban J connectivity index is 2.36. The normalized spacial score (nSPS) is 12.0. The van der Waals surface area contributed by atoms with Gasteiger partial charge >= 0.3 is 0 Å². The third-order valence-electron chi connectivity index (χ3n) is 3.42. The fraction of sp³-hybridized carbons (Fsp3) is 0.529. The molecule has 1 aromatic carbocycles. The molecule has 0 aliphatic carbocycles. The first-order valence-corrected chi connectivity index (χ1v) is 7.94. The Bertz CT molecular complexity index is 515. The summed E-state index contributed by atoms with van der Waals surface area (Å²) < 4.78 is 26.1. The molecule has 0 aromatic heterocycles. The van der Waals surface area contributed by atoms with Crippen molar-refractivity contribution in [3.63, 3.8) is 0 Å². The van der Waals surface area contributed by atoms with Gasteiger partial charge in [-0.15, -0.1) is 0 Å². The van der Waals surface area contributed by atoms with Crippen LogP contribution in [0.5, 0.6) is 0 Å². The molecule has 0 saturated heterocycles. The predicted molar refractivity (Wildman–Crippen MR) is 84.8 cm³/mol. The molecule has 0 heterocycles. The van der Waals surface area contributed by atoms with Gasteiger partial charge in [0.05, 0.1) is 12.5 Å². The van der Waals surface area contributed by atoms with E-state index >= 15 is 0 Å². The van der Waals surface area contributed by atoms with Crippen molar-refractivity contribution in [2.24, 2.45) is 0 Å². The minimum absolute atomic E-state index is 0.188. The molecule has 0 saturated carbocycles. The third-order valence-corrected chi connectivity index (χ3v) is 3.42. The highest BCUT2D eigenvalue weighted by atomic mass is 19.1. The number of amides is 2. The lowest BCUT2D eigenvalue weighted by Gasteiger charge is -2.13. The molecule has 0 fully saturated rings. The Hall–Kier alpha value is -1.82. The van der Waals surface area contributed by atoms with Gasteiger partial charge in [-0.05, 0) is 37.6 Å². The molecule has 1 atom stereocenters. The van der Waals surface area contributed by atoms with E-state index in [1.54, 1.807) is 6.92 Å². The molecule has 6 heteroatoms. The quantitative estimate of drug-likeness (QED) is 0.686. The number of hydrogen-bond acceptors (Lipinski definition) is 3. The first-order chi connectivity index (χ1) is 10.9. The molecular formula is C17H24F2N2O2.